The van der Waals surface area contributed by atoms with Crippen LogP contribution in [0.4, 0.5) is 5.82 Å². The summed E-state index contributed by atoms with van der Waals surface area (Å²) in [5.41, 5.74) is 3.11. The zero-order chi connectivity index (χ0) is 18.7. The number of halogens is 2. The van der Waals surface area contributed by atoms with Crippen molar-refractivity contribution in [2.75, 3.05) is 5.32 Å². The molecule has 0 spiro atoms. The molecule has 0 saturated carbocycles. The standard InChI is InChI=1S/C20H19Cl2N3O/c1-12-4-6-15(7-5-12)11-23-20-19(13(2)24-14(3)25-20)26-18-9-8-16(21)10-17(18)22/h4-10H,11H2,1-3H3,(H,23,24,25). The van der Waals surface area contributed by atoms with Crippen LogP contribution in [0, 0.1) is 20.8 Å². The molecule has 3 rings (SSSR count). The second-order valence-corrected chi connectivity index (χ2v) is 6.89. The van der Waals surface area contributed by atoms with Crippen LogP contribution in [0.5, 0.6) is 11.5 Å². The monoisotopic (exact) mass is 387 g/mol. The molecule has 0 amide bonds. The highest BCUT2D eigenvalue weighted by Gasteiger charge is 2.14. The molecule has 0 aliphatic rings. The van der Waals surface area contributed by atoms with Gasteiger partial charge in [0, 0.05) is 11.6 Å². The molecule has 6 heteroatoms. The summed E-state index contributed by atoms with van der Waals surface area (Å²) in [6.07, 6.45) is 0. The topological polar surface area (TPSA) is 47.0 Å². The van der Waals surface area contributed by atoms with Gasteiger partial charge in [-0.05, 0) is 44.5 Å². The van der Waals surface area contributed by atoms with Crippen molar-refractivity contribution in [3.8, 4) is 11.5 Å². The first-order valence-electron chi connectivity index (χ1n) is 8.20. The Kier molecular flexibility index (Phi) is 5.64. The van der Waals surface area contributed by atoms with E-state index in [0.29, 0.717) is 39.7 Å². The normalized spacial score (nSPS) is 10.7. The maximum Gasteiger partial charge on any atom is 0.190 e. The molecule has 26 heavy (non-hydrogen) atoms. The van der Waals surface area contributed by atoms with Crippen LogP contribution >= 0.6 is 23.2 Å². The van der Waals surface area contributed by atoms with Crippen LogP contribution in [0.25, 0.3) is 0 Å². The Balaban J connectivity index is 1.88. The lowest BCUT2D eigenvalue weighted by Gasteiger charge is -2.15. The second-order valence-electron chi connectivity index (χ2n) is 6.05. The molecule has 2 aromatic carbocycles. The van der Waals surface area contributed by atoms with Crippen molar-refractivity contribution >= 4 is 29.0 Å². The quantitative estimate of drug-likeness (QED) is 0.573. The Labute approximate surface area is 163 Å². The van der Waals surface area contributed by atoms with Crippen LogP contribution in [0.2, 0.25) is 10.0 Å². The Morgan fingerprint density at radius 3 is 2.38 bits per heavy atom. The fraction of sp³-hybridized carbons (Fsp3) is 0.200. The second kappa shape index (κ2) is 7.94. The molecular weight excluding hydrogens is 369 g/mol. The van der Waals surface area contributed by atoms with E-state index in [9.17, 15) is 0 Å². The maximum atomic E-state index is 6.23. The molecule has 0 radical (unpaired) electrons. The lowest BCUT2D eigenvalue weighted by Crippen LogP contribution is -2.07. The van der Waals surface area contributed by atoms with E-state index in [4.69, 9.17) is 27.9 Å². The predicted molar refractivity (Wildman–Crippen MR) is 107 cm³/mol. The number of aryl methyl sites for hydroxylation is 3. The van der Waals surface area contributed by atoms with Crippen molar-refractivity contribution in [3.63, 3.8) is 0 Å². The number of nitrogens with zero attached hydrogens (tertiary/aromatic N) is 2. The molecular formula is C20H19Cl2N3O. The average Bonchev–Trinajstić information content (AvgIpc) is 2.59. The van der Waals surface area contributed by atoms with Gasteiger partial charge in [-0.25, -0.2) is 9.97 Å². The summed E-state index contributed by atoms with van der Waals surface area (Å²) in [5.74, 6) is 2.35. The van der Waals surface area contributed by atoms with Gasteiger partial charge in [0.25, 0.3) is 0 Å². The van der Waals surface area contributed by atoms with E-state index in [1.165, 1.54) is 5.56 Å². The summed E-state index contributed by atoms with van der Waals surface area (Å²) in [6.45, 7) is 6.42. The van der Waals surface area contributed by atoms with Crippen LogP contribution < -0.4 is 10.1 Å². The molecule has 0 saturated heterocycles. The van der Waals surface area contributed by atoms with Crippen LogP contribution in [0.15, 0.2) is 42.5 Å². The molecule has 3 aromatic rings. The van der Waals surface area contributed by atoms with Gasteiger partial charge in [-0.15, -0.1) is 0 Å². The largest absolute Gasteiger partial charge is 0.450 e. The molecule has 0 aliphatic carbocycles. The lowest BCUT2D eigenvalue weighted by atomic mass is 10.1. The van der Waals surface area contributed by atoms with Crippen LogP contribution in [-0.2, 0) is 6.54 Å². The summed E-state index contributed by atoms with van der Waals surface area (Å²) in [6, 6.07) is 13.4. The number of hydrogen-bond donors (Lipinski definition) is 1. The number of benzene rings is 2. The lowest BCUT2D eigenvalue weighted by molar-refractivity contribution is 0.474. The molecule has 1 aromatic heterocycles. The highest BCUT2D eigenvalue weighted by molar-refractivity contribution is 6.35. The number of hydrogen-bond acceptors (Lipinski definition) is 4. The van der Waals surface area contributed by atoms with Crippen molar-refractivity contribution in [1.29, 1.82) is 0 Å². The van der Waals surface area contributed by atoms with Gasteiger partial charge in [0.2, 0.25) is 0 Å². The molecule has 0 fully saturated rings. The van der Waals surface area contributed by atoms with Gasteiger partial charge in [0.15, 0.2) is 11.6 Å². The van der Waals surface area contributed by atoms with Gasteiger partial charge in [-0.2, -0.15) is 0 Å². The number of nitrogens with one attached hydrogen (secondary N) is 1. The summed E-state index contributed by atoms with van der Waals surface area (Å²) < 4.78 is 6.01. The summed E-state index contributed by atoms with van der Waals surface area (Å²) in [5, 5.41) is 4.32. The Hall–Kier alpha value is -2.30. The van der Waals surface area contributed by atoms with Crippen LogP contribution in [0.1, 0.15) is 22.6 Å². The van der Waals surface area contributed by atoms with Crippen molar-refractivity contribution < 1.29 is 4.74 Å². The molecule has 1 heterocycles. The third kappa shape index (κ3) is 4.45. The van der Waals surface area contributed by atoms with Crippen molar-refractivity contribution in [3.05, 3.63) is 75.2 Å². The van der Waals surface area contributed by atoms with Gasteiger partial charge >= 0.3 is 0 Å². The van der Waals surface area contributed by atoms with Gasteiger partial charge in [-0.3, -0.25) is 0 Å². The van der Waals surface area contributed by atoms with Crippen molar-refractivity contribution in [1.82, 2.24) is 9.97 Å². The van der Waals surface area contributed by atoms with E-state index in [2.05, 4.69) is 46.5 Å². The molecule has 0 aliphatic heterocycles. The van der Waals surface area contributed by atoms with Gasteiger partial charge < -0.3 is 10.1 Å². The van der Waals surface area contributed by atoms with E-state index >= 15 is 0 Å². The first kappa shape index (κ1) is 18.5. The van der Waals surface area contributed by atoms with Crippen molar-refractivity contribution in [2.24, 2.45) is 0 Å². The number of anilines is 1. The smallest absolute Gasteiger partial charge is 0.190 e. The summed E-state index contributed by atoms with van der Waals surface area (Å²) >= 11 is 12.2. The first-order chi connectivity index (χ1) is 12.4. The minimum absolute atomic E-state index is 0.432. The molecule has 0 unspecified atom stereocenters. The Morgan fingerprint density at radius 1 is 0.962 bits per heavy atom. The fourth-order valence-corrected chi connectivity index (χ4v) is 2.95. The molecule has 4 nitrogen and oxygen atoms in total. The van der Waals surface area contributed by atoms with Gasteiger partial charge in [-0.1, -0.05) is 53.0 Å². The van der Waals surface area contributed by atoms with E-state index in [1.54, 1.807) is 18.2 Å². The Bertz CT molecular complexity index is 927. The van der Waals surface area contributed by atoms with E-state index in [1.807, 2.05) is 13.8 Å². The minimum atomic E-state index is 0.432. The molecule has 1 N–H and O–H groups in total. The van der Waals surface area contributed by atoms with Gasteiger partial charge in [0.1, 0.15) is 11.6 Å². The molecule has 0 bridgehead atoms. The van der Waals surface area contributed by atoms with Crippen LogP contribution in [-0.4, -0.2) is 9.97 Å². The van der Waals surface area contributed by atoms with Gasteiger partial charge in [0.05, 0.1) is 10.7 Å². The highest BCUT2D eigenvalue weighted by atomic mass is 35.5. The Morgan fingerprint density at radius 2 is 1.69 bits per heavy atom. The maximum absolute atomic E-state index is 6.23. The average molecular weight is 388 g/mol. The van der Waals surface area contributed by atoms with E-state index < -0.39 is 0 Å². The minimum Gasteiger partial charge on any atom is -0.450 e. The zero-order valence-electron chi connectivity index (χ0n) is 14.8. The SMILES string of the molecule is Cc1ccc(CNc2nc(C)nc(C)c2Oc2ccc(Cl)cc2Cl)cc1. The number of ether oxygens (including phenoxy) is 1. The third-order valence-corrected chi connectivity index (χ3v) is 4.36. The highest BCUT2D eigenvalue weighted by Crippen LogP contribution is 2.36. The van der Waals surface area contributed by atoms with E-state index in [-0.39, 0.29) is 0 Å². The number of rotatable bonds is 5. The summed E-state index contributed by atoms with van der Waals surface area (Å²) in [7, 11) is 0. The predicted octanol–water partition coefficient (Wildman–Crippen LogP) is 6.11. The third-order valence-electron chi connectivity index (χ3n) is 3.83. The summed E-state index contributed by atoms with van der Waals surface area (Å²) in [4.78, 5) is 8.89. The first-order valence-corrected chi connectivity index (χ1v) is 8.95. The fourth-order valence-electron chi connectivity index (χ4n) is 2.50. The van der Waals surface area contributed by atoms with E-state index in [0.717, 1.165) is 11.3 Å². The zero-order valence-corrected chi connectivity index (χ0v) is 16.3. The molecule has 134 valence electrons. The van der Waals surface area contributed by atoms with Crippen LogP contribution in [0.3, 0.4) is 0 Å². The number of aromatic nitrogens is 2. The van der Waals surface area contributed by atoms with Crippen molar-refractivity contribution in [2.45, 2.75) is 27.3 Å². The molecule has 0 atom stereocenters.